The van der Waals surface area contributed by atoms with Gasteiger partial charge < -0.3 is 10.2 Å². The van der Waals surface area contributed by atoms with Crippen LogP contribution in [0.2, 0.25) is 0 Å². The number of hydrogen-bond donors (Lipinski definition) is 1. The number of nitrogens with one attached hydrogen (secondary N) is 1. The molecule has 2 aromatic rings. The van der Waals surface area contributed by atoms with Gasteiger partial charge in [-0.15, -0.1) is 17.5 Å². The fourth-order valence-corrected chi connectivity index (χ4v) is 3.86. The summed E-state index contributed by atoms with van der Waals surface area (Å²) in [7, 11) is 0. The predicted octanol–water partition coefficient (Wildman–Crippen LogP) is 2.10. The number of carbonyl (C=O) groups is 1. The van der Waals surface area contributed by atoms with Crippen LogP contribution in [0, 0.1) is 11.2 Å². The van der Waals surface area contributed by atoms with E-state index in [0.29, 0.717) is 17.7 Å². The Morgan fingerprint density at radius 1 is 1.27 bits per heavy atom. The predicted molar refractivity (Wildman–Crippen MR) is 97.8 cm³/mol. The number of amides is 1. The zero-order valence-corrected chi connectivity index (χ0v) is 15.3. The summed E-state index contributed by atoms with van der Waals surface area (Å²) in [6.07, 6.45) is 4.94. The first-order valence-corrected chi connectivity index (χ1v) is 8.78. The largest absolute Gasteiger partial charge is 0.337 e. The minimum absolute atomic E-state index is 0. The third kappa shape index (κ3) is 3.88. The van der Waals surface area contributed by atoms with Crippen molar-refractivity contribution in [3.63, 3.8) is 0 Å². The number of likely N-dealkylation sites (tertiary alicyclic amines) is 1. The van der Waals surface area contributed by atoms with Crippen LogP contribution in [0.15, 0.2) is 30.5 Å². The van der Waals surface area contributed by atoms with Gasteiger partial charge in [0.25, 0.3) is 5.91 Å². The van der Waals surface area contributed by atoms with Crippen LogP contribution in [0.3, 0.4) is 0 Å². The van der Waals surface area contributed by atoms with Gasteiger partial charge in [-0.05, 0) is 48.9 Å². The molecule has 2 saturated heterocycles. The van der Waals surface area contributed by atoms with E-state index in [2.05, 4.69) is 15.6 Å². The highest BCUT2D eigenvalue weighted by Crippen LogP contribution is 2.37. The molecular weight excluding hydrogens is 357 g/mol. The van der Waals surface area contributed by atoms with Crippen LogP contribution in [-0.4, -0.2) is 52.0 Å². The number of piperidine rings is 1. The van der Waals surface area contributed by atoms with Crippen molar-refractivity contribution in [1.29, 1.82) is 0 Å². The van der Waals surface area contributed by atoms with E-state index in [1.807, 2.05) is 11.0 Å². The fraction of sp³-hybridized carbons (Fsp3) is 0.500. The summed E-state index contributed by atoms with van der Waals surface area (Å²) in [4.78, 5) is 14.5. The molecule has 8 heteroatoms. The van der Waals surface area contributed by atoms with E-state index in [9.17, 15) is 9.18 Å². The molecule has 140 valence electrons. The smallest absolute Gasteiger partial charge is 0.276 e. The summed E-state index contributed by atoms with van der Waals surface area (Å²) in [6.45, 7) is 4.10. The van der Waals surface area contributed by atoms with Crippen molar-refractivity contribution in [2.24, 2.45) is 5.41 Å². The minimum atomic E-state index is -0.280. The minimum Gasteiger partial charge on any atom is -0.337 e. The SMILES string of the molecule is Cl.O=C(c1cn(Cc2cccc(F)c2)nn1)N1CCC2(CCNC2)CC1. The van der Waals surface area contributed by atoms with Gasteiger partial charge in [0.1, 0.15) is 5.82 Å². The van der Waals surface area contributed by atoms with Crippen molar-refractivity contribution < 1.29 is 9.18 Å². The normalized spacial score (nSPS) is 18.7. The molecule has 0 bridgehead atoms. The van der Waals surface area contributed by atoms with E-state index in [-0.39, 0.29) is 24.1 Å². The molecule has 0 aliphatic carbocycles. The molecule has 0 atom stereocenters. The lowest BCUT2D eigenvalue weighted by Crippen LogP contribution is -2.44. The average Bonchev–Trinajstić information content (AvgIpc) is 3.25. The number of carbonyl (C=O) groups excluding carboxylic acids is 1. The molecule has 2 fully saturated rings. The highest BCUT2D eigenvalue weighted by Gasteiger charge is 2.38. The monoisotopic (exact) mass is 379 g/mol. The molecule has 4 rings (SSSR count). The van der Waals surface area contributed by atoms with E-state index < -0.39 is 0 Å². The highest BCUT2D eigenvalue weighted by atomic mass is 35.5. The first-order valence-electron chi connectivity index (χ1n) is 8.78. The van der Waals surface area contributed by atoms with E-state index in [0.717, 1.165) is 44.6 Å². The van der Waals surface area contributed by atoms with Crippen LogP contribution in [0.4, 0.5) is 4.39 Å². The summed E-state index contributed by atoms with van der Waals surface area (Å²) in [6, 6.07) is 6.35. The topological polar surface area (TPSA) is 63.1 Å². The second-order valence-electron chi connectivity index (χ2n) is 7.15. The van der Waals surface area contributed by atoms with Gasteiger partial charge in [-0.25, -0.2) is 9.07 Å². The molecule has 1 aromatic carbocycles. The third-order valence-corrected chi connectivity index (χ3v) is 5.43. The Hall–Kier alpha value is -1.99. The number of aromatic nitrogens is 3. The summed E-state index contributed by atoms with van der Waals surface area (Å²) in [5.41, 5.74) is 1.53. The van der Waals surface area contributed by atoms with Gasteiger partial charge in [0.2, 0.25) is 0 Å². The summed E-state index contributed by atoms with van der Waals surface area (Å²) >= 11 is 0. The Morgan fingerprint density at radius 3 is 2.77 bits per heavy atom. The lowest BCUT2D eigenvalue weighted by Gasteiger charge is -2.38. The first kappa shape index (κ1) is 18.8. The Labute approximate surface area is 158 Å². The second kappa shape index (κ2) is 7.72. The van der Waals surface area contributed by atoms with E-state index in [1.54, 1.807) is 16.9 Å². The molecule has 3 heterocycles. The Bertz CT molecular complexity index is 764. The molecule has 1 spiro atoms. The fourth-order valence-electron chi connectivity index (χ4n) is 3.86. The summed E-state index contributed by atoms with van der Waals surface area (Å²) in [5, 5.41) is 11.5. The van der Waals surface area contributed by atoms with Gasteiger partial charge in [-0.3, -0.25) is 4.79 Å². The van der Waals surface area contributed by atoms with Gasteiger partial charge in [-0.1, -0.05) is 17.3 Å². The lowest BCUT2D eigenvalue weighted by atomic mass is 9.78. The second-order valence-corrected chi connectivity index (χ2v) is 7.15. The van der Waals surface area contributed by atoms with Crippen LogP contribution in [0.25, 0.3) is 0 Å². The van der Waals surface area contributed by atoms with Crippen molar-refractivity contribution in [3.8, 4) is 0 Å². The van der Waals surface area contributed by atoms with Gasteiger partial charge in [0.05, 0.1) is 12.7 Å². The Morgan fingerprint density at radius 2 is 2.08 bits per heavy atom. The number of benzene rings is 1. The van der Waals surface area contributed by atoms with Gasteiger partial charge in [0.15, 0.2) is 5.69 Å². The molecule has 0 radical (unpaired) electrons. The third-order valence-electron chi connectivity index (χ3n) is 5.43. The molecule has 1 amide bonds. The standard InChI is InChI=1S/C18H22FN5O.ClH/c19-15-3-1-2-14(10-15)11-24-12-16(21-22-24)17(25)23-8-5-18(6-9-23)4-7-20-13-18;/h1-3,10,12,20H,4-9,11,13H2;1H. The molecule has 1 N–H and O–H groups in total. The van der Waals surface area contributed by atoms with Gasteiger partial charge >= 0.3 is 0 Å². The van der Waals surface area contributed by atoms with Crippen molar-refractivity contribution in [3.05, 3.63) is 47.5 Å². The Balaban J connectivity index is 0.00000196. The zero-order valence-electron chi connectivity index (χ0n) is 14.5. The molecule has 6 nitrogen and oxygen atoms in total. The van der Waals surface area contributed by atoms with Crippen LogP contribution in [-0.2, 0) is 6.54 Å². The maximum atomic E-state index is 13.3. The maximum absolute atomic E-state index is 13.3. The molecular formula is C18H23ClFN5O. The zero-order chi connectivity index (χ0) is 17.3. The van der Waals surface area contributed by atoms with E-state index in [1.165, 1.54) is 18.6 Å². The highest BCUT2D eigenvalue weighted by molar-refractivity contribution is 5.92. The summed E-state index contributed by atoms with van der Waals surface area (Å²) < 4.78 is 14.8. The number of rotatable bonds is 3. The van der Waals surface area contributed by atoms with Crippen LogP contribution in [0.1, 0.15) is 35.3 Å². The van der Waals surface area contributed by atoms with Crippen molar-refractivity contribution >= 4 is 18.3 Å². The van der Waals surface area contributed by atoms with Crippen molar-refractivity contribution in [2.75, 3.05) is 26.2 Å². The molecule has 0 unspecified atom stereocenters. The lowest BCUT2D eigenvalue weighted by molar-refractivity contribution is 0.0602. The maximum Gasteiger partial charge on any atom is 0.276 e. The molecule has 2 aliphatic rings. The van der Waals surface area contributed by atoms with E-state index in [4.69, 9.17) is 0 Å². The molecule has 2 aliphatic heterocycles. The number of hydrogen-bond acceptors (Lipinski definition) is 4. The molecule has 26 heavy (non-hydrogen) atoms. The summed E-state index contributed by atoms with van der Waals surface area (Å²) in [5.74, 6) is -0.344. The van der Waals surface area contributed by atoms with Crippen LogP contribution < -0.4 is 5.32 Å². The van der Waals surface area contributed by atoms with Crippen LogP contribution >= 0.6 is 12.4 Å². The first-order chi connectivity index (χ1) is 12.1. The quantitative estimate of drug-likeness (QED) is 0.887. The number of nitrogens with zero attached hydrogens (tertiary/aromatic N) is 4. The number of halogens is 2. The molecule has 0 saturated carbocycles. The van der Waals surface area contributed by atoms with E-state index >= 15 is 0 Å². The molecule has 1 aromatic heterocycles. The Kier molecular flexibility index (Phi) is 5.58. The van der Waals surface area contributed by atoms with Gasteiger partial charge in [-0.2, -0.15) is 0 Å². The van der Waals surface area contributed by atoms with Crippen molar-refractivity contribution in [2.45, 2.75) is 25.8 Å². The van der Waals surface area contributed by atoms with Crippen LogP contribution in [0.5, 0.6) is 0 Å². The van der Waals surface area contributed by atoms with Crippen molar-refractivity contribution in [1.82, 2.24) is 25.2 Å². The van der Waals surface area contributed by atoms with Gasteiger partial charge in [0, 0.05) is 19.6 Å². The average molecular weight is 380 g/mol.